The van der Waals surface area contributed by atoms with Gasteiger partial charge in [-0.25, -0.2) is 0 Å². The van der Waals surface area contributed by atoms with Gasteiger partial charge in [-0.15, -0.1) is 0 Å². The van der Waals surface area contributed by atoms with Crippen LogP contribution in [0.4, 0.5) is 5.69 Å². The number of rotatable bonds is 5. The monoisotopic (exact) mass is 509 g/mol. The molecule has 3 aromatic rings. The normalized spacial score (nSPS) is 17.4. The first kappa shape index (κ1) is 22.8. The lowest BCUT2D eigenvalue weighted by molar-refractivity contribution is -0.119. The van der Waals surface area contributed by atoms with Crippen molar-refractivity contribution < 1.29 is 19.1 Å². The van der Waals surface area contributed by atoms with E-state index in [2.05, 4.69) is 26.2 Å². The third-order valence-corrected chi connectivity index (χ3v) is 6.42. The minimum absolute atomic E-state index is 0.205. The smallest absolute Gasteiger partial charge is 0.254 e. The summed E-state index contributed by atoms with van der Waals surface area (Å²) < 4.78 is 11.8. The van der Waals surface area contributed by atoms with Gasteiger partial charge in [0.2, 0.25) is 5.91 Å². The number of aromatic nitrogens is 1. The SMILES string of the molecule is COc1cc2c(cc1OC)C(C(=O)Nc1ccc(Br)cc1C)C(c1cccnc1)N(C)C2=O. The zero-order valence-corrected chi connectivity index (χ0v) is 20.3. The lowest BCUT2D eigenvalue weighted by Gasteiger charge is -2.40. The molecule has 0 bridgehead atoms. The number of hydrogen-bond acceptors (Lipinski definition) is 5. The van der Waals surface area contributed by atoms with Gasteiger partial charge in [0.25, 0.3) is 5.91 Å². The molecule has 1 N–H and O–H groups in total. The first-order chi connectivity index (χ1) is 15.8. The van der Waals surface area contributed by atoms with E-state index in [0.717, 1.165) is 15.6 Å². The van der Waals surface area contributed by atoms with Gasteiger partial charge in [0.15, 0.2) is 11.5 Å². The first-order valence-corrected chi connectivity index (χ1v) is 11.1. The zero-order chi connectivity index (χ0) is 23.7. The van der Waals surface area contributed by atoms with Gasteiger partial charge in [-0.2, -0.15) is 0 Å². The van der Waals surface area contributed by atoms with Crippen LogP contribution < -0.4 is 14.8 Å². The molecule has 1 aliphatic rings. The summed E-state index contributed by atoms with van der Waals surface area (Å²) in [7, 11) is 4.74. The van der Waals surface area contributed by atoms with E-state index in [0.29, 0.717) is 28.3 Å². The predicted octanol–water partition coefficient (Wildman–Crippen LogP) is 4.72. The van der Waals surface area contributed by atoms with E-state index >= 15 is 0 Å². The van der Waals surface area contributed by atoms with Crippen LogP contribution in [0.15, 0.2) is 59.3 Å². The van der Waals surface area contributed by atoms with E-state index in [1.54, 1.807) is 42.5 Å². The molecule has 170 valence electrons. The van der Waals surface area contributed by atoms with Crippen LogP contribution in [0.25, 0.3) is 0 Å². The number of nitrogens with one attached hydrogen (secondary N) is 1. The summed E-state index contributed by atoms with van der Waals surface area (Å²) in [6, 6.07) is 12.1. The molecule has 0 radical (unpaired) electrons. The number of likely N-dealkylation sites (N-methyl/N-ethyl adjacent to an activating group) is 1. The summed E-state index contributed by atoms with van der Waals surface area (Å²) in [6.07, 6.45) is 3.35. The van der Waals surface area contributed by atoms with Gasteiger partial charge >= 0.3 is 0 Å². The molecule has 0 aliphatic carbocycles. The van der Waals surface area contributed by atoms with E-state index in [1.165, 1.54) is 14.2 Å². The summed E-state index contributed by atoms with van der Waals surface area (Å²) in [5.41, 5.74) is 3.37. The van der Waals surface area contributed by atoms with Crippen LogP contribution >= 0.6 is 15.9 Å². The number of anilines is 1. The second-order valence-electron chi connectivity index (χ2n) is 7.87. The van der Waals surface area contributed by atoms with Crippen molar-refractivity contribution in [3.8, 4) is 11.5 Å². The number of methoxy groups -OCH3 is 2. The molecule has 1 aromatic heterocycles. The Bertz CT molecular complexity index is 1220. The van der Waals surface area contributed by atoms with Crippen molar-refractivity contribution in [3.63, 3.8) is 0 Å². The third kappa shape index (κ3) is 4.18. The van der Waals surface area contributed by atoms with Gasteiger partial charge < -0.3 is 19.7 Å². The number of ether oxygens (including phenoxy) is 2. The highest BCUT2D eigenvalue weighted by molar-refractivity contribution is 9.10. The average molecular weight is 510 g/mol. The number of amides is 2. The fourth-order valence-electron chi connectivity index (χ4n) is 4.28. The van der Waals surface area contributed by atoms with Crippen LogP contribution in [-0.2, 0) is 4.79 Å². The standard InChI is InChI=1S/C25H24BrN3O4/c1-14-10-16(26)7-8-19(14)28-24(30)22-17-11-20(32-3)21(33-4)12-18(17)25(31)29(2)23(22)15-6-5-9-27-13-15/h5-13,22-23H,1-4H3,(H,28,30). The molecule has 2 atom stereocenters. The Morgan fingerprint density at radius 2 is 1.85 bits per heavy atom. The molecule has 1 aliphatic heterocycles. The minimum atomic E-state index is -0.699. The first-order valence-electron chi connectivity index (χ1n) is 10.4. The number of carbonyl (C=O) groups excluding carboxylic acids is 2. The number of carbonyl (C=O) groups is 2. The summed E-state index contributed by atoms with van der Waals surface area (Å²) in [6.45, 7) is 1.93. The third-order valence-electron chi connectivity index (χ3n) is 5.93. The lowest BCUT2D eigenvalue weighted by Crippen LogP contribution is -2.44. The zero-order valence-electron chi connectivity index (χ0n) is 18.8. The molecular formula is C25H24BrN3O4. The van der Waals surface area contributed by atoms with Crippen LogP contribution in [-0.4, -0.2) is 43.0 Å². The summed E-state index contributed by atoms with van der Waals surface area (Å²) in [5, 5.41) is 3.06. The number of fused-ring (bicyclic) bond motifs is 1. The van der Waals surface area contributed by atoms with Crippen LogP contribution in [0.1, 0.15) is 39.0 Å². The molecular weight excluding hydrogens is 486 g/mol. The molecule has 0 saturated heterocycles. The maximum absolute atomic E-state index is 13.8. The molecule has 7 nitrogen and oxygen atoms in total. The van der Waals surface area contributed by atoms with Crippen LogP contribution in [0, 0.1) is 6.92 Å². The Balaban J connectivity index is 1.88. The van der Waals surface area contributed by atoms with E-state index in [4.69, 9.17) is 9.47 Å². The summed E-state index contributed by atoms with van der Waals surface area (Å²) in [4.78, 5) is 33.0. The number of nitrogens with zero attached hydrogens (tertiary/aromatic N) is 2. The Hall–Kier alpha value is -3.39. The predicted molar refractivity (Wildman–Crippen MR) is 129 cm³/mol. The van der Waals surface area contributed by atoms with Crippen molar-refractivity contribution >= 4 is 33.4 Å². The Morgan fingerprint density at radius 1 is 1.12 bits per heavy atom. The molecule has 0 fully saturated rings. The van der Waals surface area contributed by atoms with Crippen molar-refractivity contribution in [1.29, 1.82) is 0 Å². The molecule has 33 heavy (non-hydrogen) atoms. The molecule has 0 saturated carbocycles. The topological polar surface area (TPSA) is 80.8 Å². The largest absolute Gasteiger partial charge is 0.493 e. The molecule has 2 unspecified atom stereocenters. The molecule has 2 aromatic carbocycles. The van der Waals surface area contributed by atoms with Gasteiger partial charge in [0, 0.05) is 35.2 Å². The minimum Gasteiger partial charge on any atom is -0.493 e. The molecule has 2 heterocycles. The number of hydrogen-bond donors (Lipinski definition) is 1. The van der Waals surface area contributed by atoms with Crippen molar-refractivity contribution in [2.24, 2.45) is 0 Å². The maximum Gasteiger partial charge on any atom is 0.254 e. The maximum atomic E-state index is 13.8. The van der Waals surface area contributed by atoms with E-state index in [-0.39, 0.29) is 11.8 Å². The average Bonchev–Trinajstić information content (AvgIpc) is 2.82. The van der Waals surface area contributed by atoms with Gasteiger partial charge in [-0.1, -0.05) is 22.0 Å². The van der Waals surface area contributed by atoms with Crippen molar-refractivity contribution in [3.05, 3.63) is 81.6 Å². The number of benzene rings is 2. The Morgan fingerprint density at radius 3 is 2.48 bits per heavy atom. The fourth-order valence-corrected chi connectivity index (χ4v) is 4.75. The quantitative estimate of drug-likeness (QED) is 0.538. The fraction of sp³-hybridized carbons (Fsp3) is 0.240. The Kier molecular flexibility index (Phi) is 6.37. The van der Waals surface area contributed by atoms with Crippen LogP contribution in [0.5, 0.6) is 11.5 Å². The molecule has 8 heteroatoms. The number of halogens is 1. The van der Waals surface area contributed by atoms with Gasteiger partial charge in [-0.05, 0) is 60.0 Å². The Labute approximate surface area is 200 Å². The van der Waals surface area contributed by atoms with Crippen LogP contribution in [0.3, 0.4) is 0 Å². The van der Waals surface area contributed by atoms with E-state index in [9.17, 15) is 9.59 Å². The van der Waals surface area contributed by atoms with Crippen molar-refractivity contribution in [2.45, 2.75) is 18.9 Å². The van der Waals surface area contributed by atoms with E-state index < -0.39 is 12.0 Å². The highest BCUT2D eigenvalue weighted by Gasteiger charge is 2.43. The number of aryl methyl sites for hydroxylation is 1. The van der Waals surface area contributed by atoms with Crippen LogP contribution in [0.2, 0.25) is 0 Å². The summed E-state index contributed by atoms with van der Waals surface area (Å²) in [5.74, 6) is -0.252. The van der Waals surface area contributed by atoms with Crippen molar-refractivity contribution in [1.82, 2.24) is 9.88 Å². The highest BCUT2D eigenvalue weighted by atomic mass is 79.9. The number of pyridine rings is 1. The highest BCUT2D eigenvalue weighted by Crippen LogP contribution is 2.45. The van der Waals surface area contributed by atoms with E-state index in [1.807, 2.05) is 31.2 Å². The second kappa shape index (κ2) is 9.23. The molecule has 2 amide bonds. The molecule has 4 rings (SSSR count). The van der Waals surface area contributed by atoms with Gasteiger partial charge in [-0.3, -0.25) is 14.6 Å². The van der Waals surface area contributed by atoms with Crippen molar-refractivity contribution in [2.75, 3.05) is 26.6 Å². The lowest BCUT2D eigenvalue weighted by atomic mass is 9.79. The molecule has 0 spiro atoms. The van der Waals surface area contributed by atoms with Gasteiger partial charge in [0.1, 0.15) is 0 Å². The van der Waals surface area contributed by atoms with Gasteiger partial charge in [0.05, 0.1) is 26.2 Å². The summed E-state index contributed by atoms with van der Waals surface area (Å²) >= 11 is 3.45. The second-order valence-corrected chi connectivity index (χ2v) is 8.78.